The van der Waals surface area contributed by atoms with Gasteiger partial charge in [0, 0.05) is 25.2 Å². The maximum atomic E-state index is 13.2. The normalized spacial score (nSPS) is 11.0. The Morgan fingerprint density at radius 2 is 1.67 bits per heavy atom. The molecule has 30 heavy (non-hydrogen) atoms. The Morgan fingerprint density at radius 3 is 2.27 bits per heavy atom. The van der Waals surface area contributed by atoms with Crippen LogP contribution in [0.25, 0.3) is 11.3 Å². The van der Waals surface area contributed by atoms with Crippen LogP contribution >= 0.6 is 0 Å². The molecule has 3 rings (SSSR count). The highest BCUT2D eigenvalue weighted by Crippen LogP contribution is 2.33. The number of carbonyl (C=O) groups excluding carboxylic acids is 1. The highest BCUT2D eigenvalue weighted by Gasteiger charge is 2.25. The summed E-state index contributed by atoms with van der Waals surface area (Å²) in [6.45, 7) is 7.48. The first-order valence-corrected chi connectivity index (χ1v) is 10.6. The summed E-state index contributed by atoms with van der Waals surface area (Å²) in [5, 5.41) is 4.39. The van der Waals surface area contributed by atoms with E-state index in [-0.39, 0.29) is 11.9 Å². The lowest BCUT2D eigenvalue weighted by molar-refractivity contribution is -0.131. The molecule has 5 nitrogen and oxygen atoms in total. The topological polar surface area (TPSA) is 49.6 Å². The monoisotopic (exact) mass is 405 g/mol. The van der Waals surface area contributed by atoms with E-state index in [2.05, 4.69) is 30.8 Å². The van der Waals surface area contributed by atoms with E-state index in [4.69, 9.17) is 4.52 Å². The molecule has 5 heteroatoms. The fraction of sp³-hybridized carbons (Fsp3) is 0.360. The molecule has 0 aliphatic carbocycles. The van der Waals surface area contributed by atoms with E-state index in [0.717, 1.165) is 34.7 Å². The van der Waals surface area contributed by atoms with Crippen molar-refractivity contribution in [2.45, 2.75) is 46.2 Å². The van der Waals surface area contributed by atoms with Gasteiger partial charge in [0.2, 0.25) is 11.8 Å². The Hall–Kier alpha value is -3.08. The lowest BCUT2D eigenvalue weighted by Gasteiger charge is -2.25. The van der Waals surface area contributed by atoms with Gasteiger partial charge in [0.1, 0.15) is 5.69 Å². The number of nitrogens with zero attached hydrogens (tertiary/aromatic N) is 3. The Morgan fingerprint density at radius 1 is 1.03 bits per heavy atom. The van der Waals surface area contributed by atoms with Gasteiger partial charge >= 0.3 is 0 Å². The predicted octanol–water partition coefficient (Wildman–Crippen LogP) is 5.17. The summed E-state index contributed by atoms with van der Waals surface area (Å²) in [7, 11) is 2.00. The molecule has 0 saturated carbocycles. The van der Waals surface area contributed by atoms with Crippen molar-refractivity contribution in [3.8, 4) is 11.3 Å². The lowest BCUT2D eigenvalue weighted by atomic mass is 10.1. The zero-order valence-electron chi connectivity index (χ0n) is 18.3. The van der Waals surface area contributed by atoms with Gasteiger partial charge in [-0.2, -0.15) is 0 Å². The van der Waals surface area contributed by atoms with Crippen LogP contribution in [0.5, 0.6) is 0 Å². The quantitative estimate of drug-likeness (QED) is 0.493. The maximum absolute atomic E-state index is 13.2. The zero-order valence-corrected chi connectivity index (χ0v) is 18.3. The van der Waals surface area contributed by atoms with E-state index < -0.39 is 0 Å². The molecule has 0 spiro atoms. The molecule has 1 aromatic heterocycles. The first kappa shape index (κ1) is 21.6. The van der Waals surface area contributed by atoms with Crippen LogP contribution in [0.3, 0.4) is 0 Å². The molecule has 0 radical (unpaired) electrons. The van der Waals surface area contributed by atoms with Gasteiger partial charge in [0.05, 0.1) is 18.5 Å². The van der Waals surface area contributed by atoms with Gasteiger partial charge in [0.15, 0.2) is 0 Å². The Bertz CT molecular complexity index is 936. The molecule has 158 valence electrons. The van der Waals surface area contributed by atoms with Gasteiger partial charge in [-0.15, -0.1) is 0 Å². The number of aromatic nitrogens is 1. The van der Waals surface area contributed by atoms with E-state index in [9.17, 15) is 4.79 Å². The van der Waals surface area contributed by atoms with Crippen LogP contribution in [0.1, 0.15) is 38.3 Å². The summed E-state index contributed by atoms with van der Waals surface area (Å²) in [5.41, 5.74) is 3.77. The summed E-state index contributed by atoms with van der Waals surface area (Å²) >= 11 is 0. The second-order valence-electron chi connectivity index (χ2n) is 7.86. The van der Waals surface area contributed by atoms with Gasteiger partial charge < -0.3 is 14.3 Å². The third-order valence-electron chi connectivity index (χ3n) is 5.30. The van der Waals surface area contributed by atoms with Gasteiger partial charge in [-0.05, 0) is 25.8 Å². The minimum atomic E-state index is 0.112. The summed E-state index contributed by atoms with van der Waals surface area (Å²) in [6, 6.07) is 20.2. The number of rotatable bonds is 9. The Balaban J connectivity index is 1.94. The number of carbonyl (C=O) groups is 1. The number of hydrogen-bond acceptors (Lipinski definition) is 4. The molecule has 0 saturated heterocycles. The third-order valence-corrected chi connectivity index (χ3v) is 5.30. The van der Waals surface area contributed by atoms with Crippen LogP contribution in [0.15, 0.2) is 65.2 Å². The largest absolute Gasteiger partial charge is 0.341 e. The molecule has 1 heterocycles. The van der Waals surface area contributed by atoms with Crippen molar-refractivity contribution in [1.82, 2.24) is 10.1 Å². The molecule has 0 N–H and O–H groups in total. The van der Waals surface area contributed by atoms with E-state index >= 15 is 0 Å². The molecule has 0 atom stereocenters. The second-order valence-corrected chi connectivity index (χ2v) is 7.86. The molecule has 0 bridgehead atoms. The summed E-state index contributed by atoms with van der Waals surface area (Å²) in [4.78, 5) is 17.1. The van der Waals surface area contributed by atoms with Crippen LogP contribution in [0.4, 0.5) is 5.88 Å². The van der Waals surface area contributed by atoms with Crippen molar-refractivity contribution in [2.24, 2.45) is 0 Å². The minimum Gasteiger partial charge on any atom is -0.341 e. The zero-order chi connectivity index (χ0) is 21.5. The van der Waals surface area contributed by atoms with Crippen LogP contribution in [0, 0.1) is 0 Å². The smallest absolute Gasteiger partial charge is 0.232 e. The summed E-state index contributed by atoms with van der Waals surface area (Å²) < 4.78 is 5.79. The molecule has 0 aliphatic heterocycles. The van der Waals surface area contributed by atoms with Crippen LogP contribution < -0.4 is 4.90 Å². The fourth-order valence-corrected chi connectivity index (χ4v) is 3.41. The summed E-state index contributed by atoms with van der Waals surface area (Å²) in [5.74, 6) is 0.832. The van der Waals surface area contributed by atoms with Crippen molar-refractivity contribution in [1.29, 1.82) is 0 Å². The minimum absolute atomic E-state index is 0.112. The number of benzene rings is 2. The van der Waals surface area contributed by atoms with Crippen LogP contribution in [-0.2, 0) is 17.8 Å². The molecule has 1 amide bonds. The highest BCUT2D eigenvalue weighted by molar-refractivity contribution is 5.79. The molecular formula is C25H31N3O2. The van der Waals surface area contributed by atoms with Crippen molar-refractivity contribution in [3.63, 3.8) is 0 Å². The van der Waals surface area contributed by atoms with E-state index in [1.54, 1.807) is 0 Å². The van der Waals surface area contributed by atoms with E-state index in [1.807, 2.05) is 72.6 Å². The fourth-order valence-electron chi connectivity index (χ4n) is 3.41. The van der Waals surface area contributed by atoms with Crippen LogP contribution in [-0.4, -0.2) is 35.6 Å². The average Bonchev–Trinajstić information content (AvgIpc) is 3.17. The Labute approximate surface area is 179 Å². The Kier molecular flexibility index (Phi) is 7.28. The first-order chi connectivity index (χ1) is 14.5. The van der Waals surface area contributed by atoms with E-state index in [1.165, 1.54) is 0 Å². The molecule has 3 aromatic rings. The van der Waals surface area contributed by atoms with Gasteiger partial charge in [0.25, 0.3) is 0 Å². The van der Waals surface area contributed by atoms with Gasteiger partial charge in [-0.25, -0.2) is 0 Å². The standard InChI is InChI=1S/C25H31N3O2/c1-5-16-28(23(29)17-20-12-8-6-9-13-20)18-22-24(21-14-10-7-11-15-21)26-30-25(22)27(4)19(2)3/h6-15,19H,5,16-18H2,1-4H3. The van der Waals surface area contributed by atoms with Gasteiger partial charge in [-0.3, -0.25) is 4.79 Å². The average molecular weight is 406 g/mol. The van der Waals surface area contributed by atoms with Crippen molar-refractivity contribution in [2.75, 3.05) is 18.5 Å². The third kappa shape index (κ3) is 5.09. The van der Waals surface area contributed by atoms with E-state index in [0.29, 0.717) is 19.5 Å². The summed E-state index contributed by atoms with van der Waals surface area (Å²) in [6.07, 6.45) is 1.28. The molecule has 0 unspecified atom stereocenters. The lowest BCUT2D eigenvalue weighted by Crippen LogP contribution is -2.34. The predicted molar refractivity (Wildman–Crippen MR) is 121 cm³/mol. The molecule has 0 fully saturated rings. The number of hydrogen-bond donors (Lipinski definition) is 0. The number of anilines is 1. The molecular weight excluding hydrogens is 374 g/mol. The maximum Gasteiger partial charge on any atom is 0.232 e. The van der Waals surface area contributed by atoms with Crippen molar-refractivity contribution >= 4 is 11.8 Å². The van der Waals surface area contributed by atoms with Crippen molar-refractivity contribution in [3.05, 3.63) is 71.8 Å². The van der Waals surface area contributed by atoms with Crippen LogP contribution in [0.2, 0.25) is 0 Å². The second kappa shape index (κ2) is 10.1. The number of amides is 1. The van der Waals surface area contributed by atoms with Gasteiger partial charge in [-0.1, -0.05) is 72.7 Å². The SMILES string of the molecule is CCCN(Cc1c(-c2ccccc2)noc1N(C)C(C)C)C(=O)Cc1ccccc1. The first-order valence-electron chi connectivity index (χ1n) is 10.6. The molecule has 2 aromatic carbocycles. The molecule has 0 aliphatic rings. The highest BCUT2D eigenvalue weighted by atomic mass is 16.5. The van der Waals surface area contributed by atoms with Crippen molar-refractivity contribution < 1.29 is 9.32 Å².